The molecular formula is C20H30F2N2O4. The van der Waals surface area contributed by atoms with Crippen LogP contribution in [0.3, 0.4) is 0 Å². The van der Waals surface area contributed by atoms with Crippen molar-refractivity contribution >= 4 is 12.1 Å². The van der Waals surface area contributed by atoms with Crippen LogP contribution in [-0.2, 0) is 9.53 Å². The molecule has 1 aliphatic heterocycles. The van der Waals surface area contributed by atoms with Crippen molar-refractivity contribution in [2.24, 2.45) is 11.7 Å². The predicted molar refractivity (Wildman–Crippen MR) is 102 cm³/mol. The number of piperidine rings is 1. The Morgan fingerprint density at radius 3 is 2.29 bits per heavy atom. The lowest BCUT2D eigenvalue weighted by molar-refractivity contribution is -0.148. The number of carbonyl (C=O) groups is 2. The van der Waals surface area contributed by atoms with Crippen molar-refractivity contribution in [3.05, 3.63) is 35.9 Å². The number of alkyl halides is 2. The van der Waals surface area contributed by atoms with E-state index in [0.717, 1.165) is 4.90 Å². The number of aliphatic carboxylic acids is 1. The monoisotopic (exact) mass is 400 g/mol. The van der Waals surface area contributed by atoms with Crippen molar-refractivity contribution in [2.75, 3.05) is 13.1 Å². The van der Waals surface area contributed by atoms with Crippen molar-refractivity contribution < 1.29 is 28.2 Å². The van der Waals surface area contributed by atoms with E-state index >= 15 is 0 Å². The first-order chi connectivity index (χ1) is 12.8. The minimum Gasteiger partial charge on any atom is -0.481 e. The SMILES string of the molecule is CC(C)(C)OC(=O)N1CCC(CC(=O)O)C(F)(F)C1.C[C@@H](N)c1ccccc1. The first kappa shape index (κ1) is 23.8. The van der Waals surface area contributed by atoms with Crippen molar-refractivity contribution in [3.63, 3.8) is 0 Å². The zero-order valence-corrected chi connectivity index (χ0v) is 16.8. The van der Waals surface area contributed by atoms with E-state index in [0.29, 0.717) is 0 Å². The maximum absolute atomic E-state index is 13.8. The molecule has 0 bridgehead atoms. The molecule has 1 aromatic carbocycles. The Bertz CT molecular complexity index is 645. The minimum atomic E-state index is -3.20. The van der Waals surface area contributed by atoms with E-state index in [2.05, 4.69) is 0 Å². The van der Waals surface area contributed by atoms with Gasteiger partial charge in [-0.2, -0.15) is 0 Å². The Morgan fingerprint density at radius 2 is 1.89 bits per heavy atom. The maximum atomic E-state index is 13.8. The molecule has 158 valence electrons. The summed E-state index contributed by atoms with van der Waals surface area (Å²) in [6, 6.07) is 10.2. The van der Waals surface area contributed by atoms with Crippen LogP contribution in [-0.4, -0.2) is 46.7 Å². The molecule has 2 rings (SSSR count). The lowest BCUT2D eigenvalue weighted by Gasteiger charge is -2.38. The van der Waals surface area contributed by atoms with Crippen LogP contribution < -0.4 is 5.73 Å². The first-order valence-electron chi connectivity index (χ1n) is 9.20. The molecule has 1 unspecified atom stereocenters. The Kier molecular flexibility index (Phi) is 8.35. The van der Waals surface area contributed by atoms with Gasteiger partial charge in [0.15, 0.2) is 0 Å². The normalized spacial score (nSPS) is 19.8. The molecule has 0 aromatic heterocycles. The summed E-state index contributed by atoms with van der Waals surface area (Å²) in [4.78, 5) is 23.1. The third kappa shape index (κ3) is 8.21. The number of halogens is 2. The number of rotatable bonds is 3. The fraction of sp³-hybridized carbons (Fsp3) is 0.600. The summed E-state index contributed by atoms with van der Waals surface area (Å²) < 4.78 is 32.5. The third-order valence-corrected chi connectivity index (χ3v) is 4.14. The van der Waals surface area contributed by atoms with Gasteiger partial charge in [-0.15, -0.1) is 0 Å². The summed E-state index contributed by atoms with van der Waals surface area (Å²) in [6.07, 6.45) is -1.42. The summed E-state index contributed by atoms with van der Waals surface area (Å²) in [5.74, 6) is -5.69. The molecule has 1 fully saturated rings. The van der Waals surface area contributed by atoms with E-state index in [9.17, 15) is 18.4 Å². The van der Waals surface area contributed by atoms with Gasteiger partial charge in [0.25, 0.3) is 5.92 Å². The Morgan fingerprint density at radius 1 is 1.32 bits per heavy atom. The molecule has 2 atom stereocenters. The van der Waals surface area contributed by atoms with Crippen LogP contribution in [0.4, 0.5) is 13.6 Å². The van der Waals surface area contributed by atoms with Gasteiger partial charge in [0, 0.05) is 18.5 Å². The van der Waals surface area contributed by atoms with Crippen molar-refractivity contribution in [1.82, 2.24) is 4.90 Å². The van der Waals surface area contributed by atoms with Gasteiger partial charge in [0.1, 0.15) is 5.60 Å². The number of nitrogens with zero attached hydrogens (tertiary/aromatic N) is 1. The van der Waals surface area contributed by atoms with E-state index in [1.54, 1.807) is 20.8 Å². The zero-order valence-electron chi connectivity index (χ0n) is 16.8. The molecule has 8 heteroatoms. The molecule has 0 aliphatic carbocycles. The van der Waals surface area contributed by atoms with E-state index in [1.165, 1.54) is 5.56 Å². The first-order valence-corrected chi connectivity index (χ1v) is 9.20. The highest BCUT2D eigenvalue weighted by molar-refractivity contribution is 5.69. The minimum absolute atomic E-state index is 0.0431. The van der Waals surface area contributed by atoms with Crippen molar-refractivity contribution in [2.45, 2.75) is 58.1 Å². The Labute approximate surface area is 164 Å². The maximum Gasteiger partial charge on any atom is 0.410 e. The molecule has 1 heterocycles. The number of amides is 1. The van der Waals surface area contributed by atoms with Crippen molar-refractivity contribution in [1.29, 1.82) is 0 Å². The van der Waals surface area contributed by atoms with Crippen molar-refractivity contribution in [3.8, 4) is 0 Å². The summed E-state index contributed by atoms with van der Waals surface area (Å²) in [5, 5.41) is 8.59. The lowest BCUT2D eigenvalue weighted by atomic mass is 9.90. The number of carbonyl (C=O) groups excluding carboxylic acids is 1. The number of carboxylic acid groups (broad SMARTS) is 1. The number of nitrogens with two attached hydrogens (primary N) is 1. The number of ether oxygens (including phenoxy) is 1. The molecule has 3 N–H and O–H groups in total. The second-order valence-electron chi connectivity index (χ2n) is 7.95. The fourth-order valence-corrected chi connectivity index (χ4v) is 2.69. The van der Waals surface area contributed by atoms with Crippen LogP contribution in [0.15, 0.2) is 30.3 Å². The fourth-order valence-electron chi connectivity index (χ4n) is 2.69. The molecule has 6 nitrogen and oxygen atoms in total. The number of hydrogen-bond acceptors (Lipinski definition) is 4. The molecule has 1 saturated heterocycles. The third-order valence-electron chi connectivity index (χ3n) is 4.14. The van der Waals surface area contributed by atoms with Gasteiger partial charge in [-0.1, -0.05) is 30.3 Å². The highest BCUT2D eigenvalue weighted by atomic mass is 19.3. The highest BCUT2D eigenvalue weighted by Crippen LogP contribution is 2.35. The van der Waals surface area contributed by atoms with E-state index in [4.69, 9.17) is 15.6 Å². The number of carboxylic acids is 1. The Balaban J connectivity index is 0.000000362. The van der Waals surface area contributed by atoms with Gasteiger partial charge in [0.2, 0.25) is 0 Å². The van der Waals surface area contributed by atoms with Crippen LogP contribution >= 0.6 is 0 Å². The van der Waals surface area contributed by atoms with E-state index < -0.39 is 42.5 Å². The molecule has 1 amide bonds. The van der Waals surface area contributed by atoms with Crippen LogP contribution in [0.5, 0.6) is 0 Å². The summed E-state index contributed by atoms with van der Waals surface area (Å²) in [6.45, 7) is 6.23. The Hall–Kier alpha value is -2.22. The number of hydrogen-bond donors (Lipinski definition) is 2. The topological polar surface area (TPSA) is 92.9 Å². The van der Waals surface area contributed by atoms with Crippen LogP contribution in [0, 0.1) is 5.92 Å². The summed E-state index contributed by atoms with van der Waals surface area (Å²) in [7, 11) is 0. The summed E-state index contributed by atoms with van der Waals surface area (Å²) in [5.41, 5.74) is 6.06. The van der Waals surface area contributed by atoms with Gasteiger partial charge in [-0.25, -0.2) is 13.6 Å². The quantitative estimate of drug-likeness (QED) is 0.798. The predicted octanol–water partition coefficient (Wildman–Crippen LogP) is 4.06. The average molecular weight is 400 g/mol. The van der Waals surface area contributed by atoms with E-state index in [-0.39, 0.29) is 19.0 Å². The van der Waals surface area contributed by atoms with E-state index in [1.807, 2.05) is 37.3 Å². The molecular weight excluding hydrogens is 370 g/mol. The second-order valence-corrected chi connectivity index (χ2v) is 7.95. The summed E-state index contributed by atoms with van der Waals surface area (Å²) >= 11 is 0. The van der Waals surface area contributed by atoms with Gasteiger partial charge >= 0.3 is 12.1 Å². The van der Waals surface area contributed by atoms with Crippen LogP contribution in [0.2, 0.25) is 0 Å². The molecule has 0 saturated carbocycles. The lowest BCUT2D eigenvalue weighted by Crippen LogP contribution is -2.52. The number of likely N-dealkylation sites (tertiary alicyclic amines) is 1. The van der Waals surface area contributed by atoms with Gasteiger partial charge < -0.3 is 20.5 Å². The zero-order chi connectivity index (χ0) is 21.5. The van der Waals surface area contributed by atoms with Gasteiger partial charge in [0.05, 0.1) is 13.0 Å². The van der Waals surface area contributed by atoms with Gasteiger partial charge in [-0.3, -0.25) is 4.79 Å². The molecule has 1 aromatic rings. The molecule has 28 heavy (non-hydrogen) atoms. The number of benzene rings is 1. The smallest absolute Gasteiger partial charge is 0.410 e. The molecule has 1 aliphatic rings. The van der Waals surface area contributed by atoms with Gasteiger partial charge in [-0.05, 0) is 39.7 Å². The second kappa shape index (κ2) is 9.82. The largest absolute Gasteiger partial charge is 0.481 e. The standard InChI is InChI=1S/C12H19F2NO4.C8H11N/c1-11(2,3)19-10(18)15-5-4-8(6-9(16)17)12(13,14)7-15;1-7(9)8-5-3-2-4-6-8/h8H,4-7H2,1-3H3,(H,16,17);2-7H,9H2,1H3/t;7-/m.1/s1. The van der Waals surface area contributed by atoms with Crippen LogP contribution in [0.25, 0.3) is 0 Å². The van der Waals surface area contributed by atoms with Crippen LogP contribution in [0.1, 0.15) is 52.1 Å². The molecule has 0 spiro atoms. The molecule has 0 radical (unpaired) electrons. The highest BCUT2D eigenvalue weighted by Gasteiger charge is 2.47. The average Bonchev–Trinajstić information content (AvgIpc) is 2.56.